The lowest BCUT2D eigenvalue weighted by Gasteiger charge is -2.20. The Balaban J connectivity index is 1.61. The topological polar surface area (TPSA) is 56.9 Å². The molecule has 1 aliphatic heterocycles. The van der Waals surface area contributed by atoms with Crippen molar-refractivity contribution < 1.29 is 4.74 Å². The number of hydrogen-bond acceptors (Lipinski definition) is 4. The van der Waals surface area contributed by atoms with Gasteiger partial charge in [0.2, 0.25) is 0 Å². The van der Waals surface area contributed by atoms with Gasteiger partial charge in [0, 0.05) is 56.4 Å². The quantitative estimate of drug-likeness (QED) is 0.851. The van der Waals surface area contributed by atoms with Crippen molar-refractivity contribution in [3.8, 4) is 0 Å². The highest BCUT2D eigenvalue weighted by molar-refractivity contribution is 5.07. The van der Waals surface area contributed by atoms with Crippen LogP contribution in [0.2, 0.25) is 0 Å². The van der Waals surface area contributed by atoms with Crippen LogP contribution >= 0.6 is 0 Å². The van der Waals surface area contributed by atoms with Crippen molar-refractivity contribution in [2.75, 3.05) is 6.61 Å². The van der Waals surface area contributed by atoms with Crippen LogP contribution in [-0.4, -0.2) is 32.0 Å². The molecule has 0 aliphatic carbocycles. The fourth-order valence-corrected chi connectivity index (χ4v) is 3.00. The van der Waals surface area contributed by atoms with E-state index >= 15 is 0 Å². The zero-order chi connectivity index (χ0) is 15.4. The van der Waals surface area contributed by atoms with E-state index in [1.807, 2.05) is 23.3 Å². The van der Waals surface area contributed by atoms with Gasteiger partial charge >= 0.3 is 0 Å². The molecule has 0 bridgehead atoms. The third kappa shape index (κ3) is 3.23. The first-order chi connectivity index (χ1) is 10.8. The Kier molecular flexibility index (Phi) is 4.90. The van der Waals surface area contributed by atoms with Crippen molar-refractivity contribution in [1.82, 2.24) is 24.6 Å². The molecule has 3 rings (SSSR count). The first kappa shape index (κ1) is 15.2. The summed E-state index contributed by atoms with van der Waals surface area (Å²) >= 11 is 0. The molecule has 2 aromatic rings. The normalized spacial score (nSPS) is 21.5. The molecular weight excluding hydrogens is 278 g/mol. The first-order valence-corrected chi connectivity index (χ1v) is 8.19. The molecule has 1 fully saturated rings. The third-order valence-corrected chi connectivity index (χ3v) is 4.14. The maximum atomic E-state index is 5.92. The maximum absolute atomic E-state index is 5.92. The van der Waals surface area contributed by atoms with Crippen LogP contribution in [0.1, 0.15) is 44.2 Å². The molecule has 0 spiro atoms. The van der Waals surface area contributed by atoms with Crippen LogP contribution < -0.4 is 5.32 Å². The summed E-state index contributed by atoms with van der Waals surface area (Å²) in [5, 5.41) is 7.99. The Hall–Kier alpha value is -1.66. The lowest BCUT2D eigenvalue weighted by molar-refractivity contribution is 0.0886. The van der Waals surface area contributed by atoms with E-state index in [-0.39, 0.29) is 6.10 Å². The number of rotatable bonds is 7. The molecule has 3 heterocycles. The Bertz CT molecular complexity index is 591. The molecule has 0 aromatic carbocycles. The van der Waals surface area contributed by atoms with Crippen LogP contribution in [0.25, 0.3) is 0 Å². The van der Waals surface area contributed by atoms with E-state index in [0.717, 1.165) is 44.9 Å². The number of ether oxygens (including phenoxy) is 1. The standard InChI is InChI=1S/C16H25N5O/c1-3-7-21-12-13(11-19-21)10-18-14-5-9-22-15(14)16-17-6-8-20(16)4-2/h6,8,11-12,14-15,18H,3-5,7,9-10H2,1-2H3/t14-,15-/m0/s1. The highest BCUT2D eigenvalue weighted by atomic mass is 16.5. The van der Waals surface area contributed by atoms with Gasteiger partial charge in [0.15, 0.2) is 0 Å². The lowest BCUT2D eigenvalue weighted by atomic mass is 10.1. The highest BCUT2D eigenvalue weighted by Gasteiger charge is 2.32. The fourth-order valence-electron chi connectivity index (χ4n) is 3.00. The third-order valence-electron chi connectivity index (χ3n) is 4.14. The van der Waals surface area contributed by atoms with Gasteiger partial charge in [-0.3, -0.25) is 4.68 Å². The Labute approximate surface area is 131 Å². The smallest absolute Gasteiger partial charge is 0.139 e. The molecule has 6 nitrogen and oxygen atoms in total. The Morgan fingerprint density at radius 2 is 2.32 bits per heavy atom. The van der Waals surface area contributed by atoms with E-state index in [4.69, 9.17) is 4.74 Å². The minimum atomic E-state index is 0.0423. The van der Waals surface area contributed by atoms with Crippen molar-refractivity contribution in [2.45, 2.75) is 58.5 Å². The molecule has 1 aliphatic rings. The van der Waals surface area contributed by atoms with Gasteiger partial charge in [0.1, 0.15) is 11.9 Å². The van der Waals surface area contributed by atoms with Crippen LogP contribution in [-0.2, 0) is 24.4 Å². The Morgan fingerprint density at radius 3 is 3.14 bits per heavy atom. The summed E-state index contributed by atoms with van der Waals surface area (Å²) in [6.07, 6.45) is 10.1. The zero-order valence-electron chi connectivity index (χ0n) is 13.4. The second-order valence-electron chi connectivity index (χ2n) is 5.75. The molecule has 22 heavy (non-hydrogen) atoms. The summed E-state index contributed by atoms with van der Waals surface area (Å²) in [6.45, 7) is 7.80. The van der Waals surface area contributed by atoms with Gasteiger partial charge in [-0.15, -0.1) is 0 Å². The molecule has 6 heteroatoms. The van der Waals surface area contributed by atoms with Crippen LogP contribution in [0, 0.1) is 0 Å². The van der Waals surface area contributed by atoms with E-state index in [1.165, 1.54) is 5.56 Å². The van der Waals surface area contributed by atoms with Gasteiger partial charge in [0.05, 0.1) is 6.20 Å². The first-order valence-electron chi connectivity index (χ1n) is 8.19. The van der Waals surface area contributed by atoms with Crippen molar-refractivity contribution in [2.24, 2.45) is 0 Å². The maximum Gasteiger partial charge on any atom is 0.139 e. The monoisotopic (exact) mass is 303 g/mol. The average Bonchev–Trinajstić information content (AvgIpc) is 3.25. The van der Waals surface area contributed by atoms with Crippen molar-refractivity contribution in [3.05, 3.63) is 36.2 Å². The number of aryl methyl sites for hydroxylation is 2. The van der Waals surface area contributed by atoms with Gasteiger partial charge in [-0.1, -0.05) is 6.92 Å². The lowest BCUT2D eigenvalue weighted by Crippen LogP contribution is -2.32. The zero-order valence-corrected chi connectivity index (χ0v) is 13.4. The second-order valence-corrected chi connectivity index (χ2v) is 5.75. The van der Waals surface area contributed by atoms with Crippen LogP contribution in [0.5, 0.6) is 0 Å². The summed E-state index contributed by atoms with van der Waals surface area (Å²) in [4.78, 5) is 4.48. The molecule has 1 N–H and O–H groups in total. The van der Waals surface area contributed by atoms with Crippen LogP contribution in [0.4, 0.5) is 0 Å². The number of nitrogens with one attached hydrogen (secondary N) is 1. The van der Waals surface area contributed by atoms with E-state index < -0.39 is 0 Å². The van der Waals surface area contributed by atoms with Crippen molar-refractivity contribution in [1.29, 1.82) is 0 Å². The van der Waals surface area contributed by atoms with Gasteiger partial charge in [-0.05, 0) is 19.8 Å². The molecule has 1 saturated heterocycles. The molecule has 120 valence electrons. The highest BCUT2D eigenvalue weighted by Crippen LogP contribution is 2.28. The average molecular weight is 303 g/mol. The summed E-state index contributed by atoms with van der Waals surface area (Å²) in [5.74, 6) is 1.03. The Morgan fingerprint density at radius 1 is 1.41 bits per heavy atom. The summed E-state index contributed by atoms with van der Waals surface area (Å²) in [7, 11) is 0. The van der Waals surface area contributed by atoms with Gasteiger partial charge < -0.3 is 14.6 Å². The minimum Gasteiger partial charge on any atom is -0.369 e. The summed E-state index contributed by atoms with van der Waals surface area (Å²) in [5.41, 5.74) is 1.22. The molecule has 0 amide bonds. The van der Waals surface area contributed by atoms with E-state index in [9.17, 15) is 0 Å². The van der Waals surface area contributed by atoms with Crippen molar-refractivity contribution >= 4 is 0 Å². The number of imidazole rings is 1. The van der Waals surface area contributed by atoms with E-state index in [2.05, 4.69) is 40.0 Å². The van der Waals surface area contributed by atoms with E-state index in [1.54, 1.807) is 0 Å². The van der Waals surface area contributed by atoms with Gasteiger partial charge in [0.25, 0.3) is 0 Å². The molecule has 0 unspecified atom stereocenters. The second kappa shape index (κ2) is 7.07. The predicted molar refractivity (Wildman–Crippen MR) is 84.4 cm³/mol. The molecule has 2 atom stereocenters. The minimum absolute atomic E-state index is 0.0423. The number of hydrogen-bond donors (Lipinski definition) is 1. The van der Waals surface area contributed by atoms with Crippen LogP contribution in [0.3, 0.4) is 0 Å². The van der Waals surface area contributed by atoms with Crippen molar-refractivity contribution in [3.63, 3.8) is 0 Å². The number of nitrogens with zero attached hydrogens (tertiary/aromatic N) is 4. The molecule has 2 aromatic heterocycles. The summed E-state index contributed by atoms with van der Waals surface area (Å²) < 4.78 is 10.1. The van der Waals surface area contributed by atoms with Crippen LogP contribution in [0.15, 0.2) is 24.8 Å². The molecule has 0 saturated carbocycles. The van der Waals surface area contributed by atoms with E-state index in [0.29, 0.717) is 6.04 Å². The fraction of sp³-hybridized carbons (Fsp3) is 0.625. The molecular formula is C16H25N5O. The largest absolute Gasteiger partial charge is 0.369 e. The summed E-state index contributed by atoms with van der Waals surface area (Å²) in [6, 6.07) is 0.308. The molecule has 0 radical (unpaired) electrons. The SMILES string of the molecule is CCCn1cc(CN[C@H]2CCO[C@@H]2c2nccn2CC)cn1. The van der Waals surface area contributed by atoms with Gasteiger partial charge in [-0.2, -0.15) is 5.10 Å². The number of aromatic nitrogens is 4. The predicted octanol–water partition coefficient (Wildman–Crippen LogP) is 2.13. The van der Waals surface area contributed by atoms with Gasteiger partial charge in [-0.25, -0.2) is 4.98 Å².